The number of carbonyl (C=O) groups is 1. The van der Waals surface area contributed by atoms with Gasteiger partial charge >= 0.3 is 0 Å². The van der Waals surface area contributed by atoms with E-state index in [-0.39, 0.29) is 10.8 Å². The molecule has 7 heteroatoms. The number of nitrogens with zero attached hydrogens (tertiary/aromatic N) is 1. The van der Waals surface area contributed by atoms with Crippen LogP contribution in [0, 0.1) is 0 Å². The number of benzene rings is 3. The first-order chi connectivity index (χ1) is 14.4. The van der Waals surface area contributed by atoms with Crippen LogP contribution in [0.25, 0.3) is 0 Å². The topological polar surface area (TPSA) is 75.7 Å². The van der Waals surface area contributed by atoms with E-state index in [4.69, 9.17) is 4.74 Å². The Morgan fingerprint density at radius 3 is 2.40 bits per heavy atom. The van der Waals surface area contributed by atoms with Crippen molar-refractivity contribution in [2.45, 2.75) is 4.90 Å². The Balaban J connectivity index is 1.72. The molecule has 0 aromatic heterocycles. The summed E-state index contributed by atoms with van der Waals surface area (Å²) < 4.78 is 32.1. The van der Waals surface area contributed by atoms with Gasteiger partial charge in [0.15, 0.2) is 0 Å². The molecule has 0 radical (unpaired) electrons. The maximum absolute atomic E-state index is 12.7. The highest BCUT2D eigenvalue weighted by atomic mass is 32.2. The molecule has 0 bridgehead atoms. The number of hydrogen-bond donors (Lipinski definition) is 1. The smallest absolute Gasteiger partial charge is 0.264 e. The van der Waals surface area contributed by atoms with E-state index in [9.17, 15) is 13.2 Å². The molecule has 0 saturated carbocycles. The molecular weight excluding hydrogens is 400 g/mol. The standard InChI is InChI=1S/C23H22N2O4S/c1-3-16-29-21-9-7-8-19(17-21)24-23(26)18-12-14-20(15-13-18)25(2)30(27,28)22-10-5-4-6-11-22/h3-15,17H,1,16H2,2H3,(H,24,26). The van der Waals surface area contributed by atoms with Crippen molar-refractivity contribution >= 4 is 27.3 Å². The molecule has 0 aliphatic rings. The molecule has 0 aliphatic carbocycles. The van der Waals surface area contributed by atoms with Gasteiger partial charge in [0.25, 0.3) is 15.9 Å². The highest BCUT2D eigenvalue weighted by Gasteiger charge is 2.21. The number of rotatable bonds is 8. The summed E-state index contributed by atoms with van der Waals surface area (Å²) >= 11 is 0. The van der Waals surface area contributed by atoms with Crippen LogP contribution in [0.15, 0.2) is 96.4 Å². The van der Waals surface area contributed by atoms with E-state index >= 15 is 0 Å². The third-order valence-electron chi connectivity index (χ3n) is 4.35. The third-order valence-corrected chi connectivity index (χ3v) is 6.15. The Hall–Kier alpha value is -3.58. The number of ether oxygens (including phenoxy) is 1. The summed E-state index contributed by atoms with van der Waals surface area (Å²) in [4.78, 5) is 12.7. The van der Waals surface area contributed by atoms with Crippen molar-refractivity contribution in [3.8, 4) is 5.75 Å². The summed E-state index contributed by atoms with van der Waals surface area (Å²) in [5, 5.41) is 2.80. The fourth-order valence-electron chi connectivity index (χ4n) is 2.73. The van der Waals surface area contributed by atoms with Gasteiger partial charge in [-0.05, 0) is 48.5 Å². The molecule has 3 aromatic rings. The zero-order valence-corrected chi connectivity index (χ0v) is 17.3. The van der Waals surface area contributed by atoms with Crippen molar-refractivity contribution in [3.63, 3.8) is 0 Å². The minimum absolute atomic E-state index is 0.202. The molecule has 0 heterocycles. The highest BCUT2D eigenvalue weighted by molar-refractivity contribution is 7.92. The van der Waals surface area contributed by atoms with Gasteiger partial charge in [-0.3, -0.25) is 9.10 Å². The van der Waals surface area contributed by atoms with Gasteiger partial charge in [-0.1, -0.05) is 36.9 Å². The molecule has 6 nitrogen and oxygen atoms in total. The quantitative estimate of drug-likeness (QED) is 0.548. The zero-order valence-electron chi connectivity index (χ0n) is 16.5. The summed E-state index contributed by atoms with van der Waals surface area (Å²) in [6.45, 7) is 3.98. The maximum atomic E-state index is 12.7. The van der Waals surface area contributed by atoms with Crippen molar-refractivity contribution in [2.24, 2.45) is 0 Å². The molecule has 30 heavy (non-hydrogen) atoms. The van der Waals surface area contributed by atoms with Crippen LogP contribution in [0.1, 0.15) is 10.4 Å². The number of amides is 1. The van der Waals surface area contributed by atoms with Gasteiger partial charge in [0.2, 0.25) is 0 Å². The van der Waals surface area contributed by atoms with Crippen molar-refractivity contribution in [1.29, 1.82) is 0 Å². The van der Waals surface area contributed by atoms with E-state index in [1.165, 1.54) is 11.4 Å². The van der Waals surface area contributed by atoms with Crippen molar-refractivity contribution in [3.05, 3.63) is 97.1 Å². The molecular formula is C23H22N2O4S. The number of sulfonamides is 1. The first-order valence-electron chi connectivity index (χ1n) is 9.21. The van der Waals surface area contributed by atoms with Gasteiger partial charge < -0.3 is 10.1 Å². The van der Waals surface area contributed by atoms with Crippen LogP contribution in [0.5, 0.6) is 5.75 Å². The van der Waals surface area contributed by atoms with Crippen LogP contribution in [-0.4, -0.2) is 28.0 Å². The second-order valence-electron chi connectivity index (χ2n) is 6.41. The average molecular weight is 423 g/mol. The average Bonchev–Trinajstić information content (AvgIpc) is 2.78. The second-order valence-corrected chi connectivity index (χ2v) is 8.38. The van der Waals surface area contributed by atoms with Crippen LogP contribution in [-0.2, 0) is 10.0 Å². The molecule has 154 valence electrons. The zero-order chi connectivity index (χ0) is 21.6. The number of carbonyl (C=O) groups excluding carboxylic acids is 1. The first-order valence-corrected chi connectivity index (χ1v) is 10.6. The largest absolute Gasteiger partial charge is 0.489 e. The van der Waals surface area contributed by atoms with Crippen LogP contribution in [0.4, 0.5) is 11.4 Å². The summed E-state index contributed by atoms with van der Waals surface area (Å²) in [5.74, 6) is 0.312. The first kappa shape index (κ1) is 21.1. The van der Waals surface area contributed by atoms with E-state index in [1.54, 1.807) is 84.9 Å². The predicted molar refractivity (Wildman–Crippen MR) is 119 cm³/mol. The van der Waals surface area contributed by atoms with E-state index < -0.39 is 10.0 Å². The lowest BCUT2D eigenvalue weighted by Gasteiger charge is -2.19. The van der Waals surface area contributed by atoms with Gasteiger partial charge in [-0.25, -0.2) is 8.42 Å². The number of hydrogen-bond acceptors (Lipinski definition) is 4. The fourth-order valence-corrected chi connectivity index (χ4v) is 3.95. The molecule has 0 fully saturated rings. The van der Waals surface area contributed by atoms with Gasteiger partial charge in [0, 0.05) is 24.4 Å². The SMILES string of the molecule is C=CCOc1cccc(NC(=O)c2ccc(N(C)S(=O)(=O)c3ccccc3)cc2)c1. The Kier molecular flexibility index (Phi) is 6.54. The molecule has 0 atom stereocenters. The minimum Gasteiger partial charge on any atom is -0.489 e. The predicted octanol–water partition coefficient (Wildman–Crippen LogP) is 4.33. The molecule has 3 rings (SSSR count). The van der Waals surface area contributed by atoms with Crippen LogP contribution < -0.4 is 14.4 Å². The second kappa shape index (κ2) is 9.28. The van der Waals surface area contributed by atoms with Crippen molar-refractivity contribution in [1.82, 2.24) is 0 Å². The monoisotopic (exact) mass is 422 g/mol. The van der Waals surface area contributed by atoms with Gasteiger partial charge in [0.05, 0.1) is 10.6 Å². The van der Waals surface area contributed by atoms with E-state index in [1.807, 2.05) is 0 Å². The summed E-state index contributed by atoms with van der Waals surface area (Å²) in [5.41, 5.74) is 1.45. The summed E-state index contributed by atoms with van der Waals surface area (Å²) in [6, 6.07) is 21.6. The Labute approximate surface area is 176 Å². The summed E-state index contributed by atoms with van der Waals surface area (Å²) in [7, 11) is -2.20. The number of nitrogens with one attached hydrogen (secondary N) is 1. The van der Waals surface area contributed by atoms with Crippen LogP contribution >= 0.6 is 0 Å². The Morgan fingerprint density at radius 2 is 1.73 bits per heavy atom. The van der Waals surface area contributed by atoms with Crippen LogP contribution in [0.2, 0.25) is 0 Å². The normalized spacial score (nSPS) is 10.8. The lowest BCUT2D eigenvalue weighted by molar-refractivity contribution is 0.102. The lowest BCUT2D eigenvalue weighted by atomic mass is 10.2. The Bertz CT molecular complexity index is 1130. The van der Waals surface area contributed by atoms with Crippen molar-refractivity contribution < 1.29 is 17.9 Å². The molecule has 1 N–H and O–H groups in total. The van der Waals surface area contributed by atoms with Gasteiger partial charge in [0.1, 0.15) is 12.4 Å². The van der Waals surface area contributed by atoms with E-state index in [2.05, 4.69) is 11.9 Å². The minimum atomic E-state index is -3.67. The summed E-state index contributed by atoms with van der Waals surface area (Å²) in [6.07, 6.45) is 1.64. The highest BCUT2D eigenvalue weighted by Crippen LogP contribution is 2.23. The maximum Gasteiger partial charge on any atom is 0.264 e. The molecule has 0 spiro atoms. The van der Waals surface area contributed by atoms with Gasteiger partial charge in [-0.15, -0.1) is 0 Å². The molecule has 1 amide bonds. The Morgan fingerprint density at radius 1 is 1.03 bits per heavy atom. The van der Waals surface area contributed by atoms with Crippen molar-refractivity contribution in [2.75, 3.05) is 23.3 Å². The molecule has 0 aliphatic heterocycles. The van der Waals surface area contributed by atoms with Crippen LogP contribution in [0.3, 0.4) is 0 Å². The molecule has 3 aromatic carbocycles. The molecule has 0 saturated heterocycles. The molecule has 0 unspecified atom stereocenters. The number of anilines is 2. The van der Waals surface area contributed by atoms with E-state index in [0.29, 0.717) is 29.3 Å². The van der Waals surface area contributed by atoms with E-state index in [0.717, 1.165) is 0 Å². The fraction of sp³-hybridized carbons (Fsp3) is 0.0870. The van der Waals surface area contributed by atoms with Gasteiger partial charge in [-0.2, -0.15) is 0 Å². The lowest BCUT2D eigenvalue weighted by Crippen LogP contribution is -2.26. The third kappa shape index (κ3) is 4.87.